The highest BCUT2D eigenvalue weighted by Gasteiger charge is 2.13. The third-order valence-electron chi connectivity index (χ3n) is 4.10. The maximum Gasteiger partial charge on any atom is 0.0720 e. The molecule has 1 nitrogen and oxygen atoms in total. The molecule has 0 atom stereocenters. The zero-order chi connectivity index (χ0) is 13.6. The lowest BCUT2D eigenvalue weighted by molar-refractivity contribution is 0.0169. The minimum Gasteiger partial charge on any atom is -0.374 e. The fourth-order valence-corrected chi connectivity index (χ4v) is 2.87. The SMILES string of the molecule is c1ccc(-c2ccc(COC3CCCCC3)cc2)cc1. The van der Waals surface area contributed by atoms with Crippen LogP contribution in [0.2, 0.25) is 0 Å². The highest BCUT2D eigenvalue weighted by atomic mass is 16.5. The normalized spacial score (nSPS) is 16.2. The van der Waals surface area contributed by atoms with Gasteiger partial charge in [0.05, 0.1) is 12.7 Å². The van der Waals surface area contributed by atoms with Crippen LogP contribution in [-0.2, 0) is 11.3 Å². The van der Waals surface area contributed by atoms with Crippen molar-refractivity contribution in [3.05, 3.63) is 60.2 Å². The van der Waals surface area contributed by atoms with Crippen LogP contribution in [0.3, 0.4) is 0 Å². The Balaban J connectivity index is 1.58. The lowest BCUT2D eigenvalue weighted by atomic mass is 9.98. The van der Waals surface area contributed by atoms with Gasteiger partial charge in [0.2, 0.25) is 0 Å². The van der Waals surface area contributed by atoms with Crippen LogP contribution in [0.25, 0.3) is 11.1 Å². The first-order chi connectivity index (χ1) is 9.92. The van der Waals surface area contributed by atoms with Crippen LogP contribution in [0, 0.1) is 0 Å². The van der Waals surface area contributed by atoms with Gasteiger partial charge in [0, 0.05) is 0 Å². The molecule has 0 bridgehead atoms. The highest BCUT2D eigenvalue weighted by molar-refractivity contribution is 5.63. The van der Waals surface area contributed by atoms with Gasteiger partial charge in [-0.05, 0) is 29.5 Å². The third kappa shape index (κ3) is 3.49. The molecule has 0 N–H and O–H groups in total. The summed E-state index contributed by atoms with van der Waals surface area (Å²) in [6.07, 6.45) is 7.00. The second-order valence-electron chi connectivity index (χ2n) is 5.63. The van der Waals surface area contributed by atoms with E-state index in [2.05, 4.69) is 54.6 Å². The molecule has 2 aromatic carbocycles. The summed E-state index contributed by atoms with van der Waals surface area (Å²) in [4.78, 5) is 0. The lowest BCUT2D eigenvalue weighted by Crippen LogP contribution is -2.16. The van der Waals surface area contributed by atoms with E-state index in [1.165, 1.54) is 48.8 Å². The van der Waals surface area contributed by atoms with Crippen LogP contribution in [-0.4, -0.2) is 6.10 Å². The summed E-state index contributed by atoms with van der Waals surface area (Å²) in [6.45, 7) is 0.750. The molecule has 104 valence electrons. The van der Waals surface area contributed by atoms with Gasteiger partial charge in [0.15, 0.2) is 0 Å². The molecule has 0 heterocycles. The zero-order valence-corrected chi connectivity index (χ0v) is 11.9. The molecule has 20 heavy (non-hydrogen) atoms. The standard InChI is InChI=1S/C19H22O/c1-3-7-17(8-4-1)18-13-11-16(12-14-18)15-20-19-9-5-2-6-10-19/h1,3-4,7-8,11-14,19H,2,5-6,9-10,15H2. The van der Waals surface area contributed by atoms with E-state index in [0.717, 1.165) is 6.61 Å². The smallest absolute Gasteiger partial charge is 0.0720 e. The van der Waals surface area contributed by atoms with Gasteiger partial charge in [-0.15, -0.1) is 0 Å². The maximum absolute atomic E-state index is 6.01. The Bertz CT molecular complexity index is 509. The molecular weight excluding hydrogens is 244 g/mol. The third-order valence-corrected chi connectivity index (χ3v) is 4.10. The van der Waals surface area contributed by atoms with Crippen LogP contribution in [0.15, 0.2) is 54.6 Å². The Morgan fingerprint density at radius 3 is 2.10 bits per heavy atom. The lowest BCUT2D eigenvalue weighted by Gasteiger charge is -2.22. The largest absolute Gasteiger partial charge is 0.374 e. The van der Waals surface area contributed by atoms with E-state index in [1.807, 2.05) is 0 Å². The van der Waals surface area contributed by atoms with E-state index in [1.54, 1.807) is 0 Å². The van der Waals surface area contributed by atoms with Crippen molar-refractivity contribution in [3.63, 3.8) is 0 Å². The predicted octanol–water partition coefficient (Wildman–Crippen LogP) is 5.20. The van der Waals surface area contributed by atoms with Gasteiger partial charge in [-0.3, -0.25) is 0 Å². The van der Waals surface area contributed by atoms with Gasteiger partial charge < -0.3 is 4.74 Å². The van der Waals surface area contributed by atoms with Gasteiger partial charge >= 0.3 is 0 Å². The van der Waals surface area contributed by atoms with Gasteiger partial charge in [0.1, 0.15) is 0 Å². The van der Waals surface area contributed by atoms with Gasteiger partial charge in [-0.1, -0.05) is 73.9 Å². The number of rotatable bonds is 4. The Kier molecular flexibility index (Phi) is 4.49. The molecule has 1 aliphatic rings. The van der Waals surface area contributed by atoms with Crippen molar-refractivity contribution in [2.75, 3.05) is 0 Å². The molecule has 1 fully saturated rings. The number of ether oxygens (including phenoxy) is 1. The summed E-state index contributed by atoms with van der Waals surface area (Å²) in [5, 5.41) is 0. The van der Waals surface area contributed by atoms with E-state index >= 15 is 0 Å². The van der Waals surface area contributed by atoms with Crippen molar-refractivity contribution >= 4 is 0 Å². The number of benzene rings is 2. The minimum absolute atomic E-state index is 0.484. The van der Waals surface area contributed by atoms with Crippen LogP contribution in [0.5, 0.6) is 0 Å². The highest BCUT2D eigenvalue weighted by Crippen LogP contribution is 2.23. The molecule has 2 aromatic rings. The van der Waals surface area contributed by atoms with Crippen molar-refractivity contribution in [1.29, 1.82) is 0 Å². The minimum atomic E-state index is 0.484. The predicted molar refractivity (Wildman–Crippen MR) is 83.5 cm³/mol. The van der Waals surface area contributed by atoms with Crippen LogP contribution >= 0.6 is 0 Å². The quantitative estimate of drug-likeness (QED) is 0.738. The molecule has 0 aromatic heterocycles. The Hall–Kier alpha value is -1.60. The topological polar surface area (TPSA) is 9.23 Å². The summed E-state index contributed by atoms with van der Waals surface area (Å²) in [6, 6.07) is 19.3. The van der Waals surface area contributed by atoms with Crippen molar-refractivity contribution in [3.8, 4) is 11.1 Å². The molecule has 0 amide bonds. The van der Waals surface area contributed by atoms with Crippen molar-refractivity contribution in [1.82, 2.24) is 0 Å². The van der Waals surface area contributed by atoms with E-state index in [4.69, 9.17) is 4.74 Å². The summed E-state index contributed by atoms with van der Waals surface area (Å²) in [5.41, 5.74) is 3.81. The van der Waals surface area contributed by atoms with Gasteiger partial charge in [0.25, 0.3) is 0 Å². The second-order valence-corrected chi connectivity index (χ2v) is 5.63. The van der Waals surface area contributed by atoms with E-state index in [0.29, 0.717) is 6.10 Å². The fraction of sp³-hybridized carbons (Fsp3) is 0.368. The summed E-state index contributed by atoms with van der Waals surface area (Å²) >= 11 is 0. The first-order valence-corrected chi connectivity index (χ1v) is 7.68. The summed E-state index contributed by atoms with van der Waals surface area (Å²) in [7, 11) is 0. The second kappa shape index (κ2) is 6.71. The molecule has 3 rings (SSSR count). The molecule has 1 saturated carbocycles. The van der Waals surface area contributed by atoms with Crippen molar-refractivity contribution in [2.45, 2.75) is 44.8 Å². The first-order valence-electron chi connectivity index (χ1n) is 7.68. The van der Waals surface area contributed by atoms with Gasteiger partial charge in [-0.2, -0.15) is 0 Å². The van der Waals surface area contributed by atoms with Crippen molar-refractivity contribution < 1.29 is 4.74 Å². The fourth-order valence-electron chi connectivity index (χ4n) is 2.87. The number of hydrogen-bond acceptors (Lipinski definition) is 1. The Labute approximate surface area is 121 Å². The molecule has 0 spiro atoms. The first kappa shape index (κ1) is 13.4. The average Bonchev–Trinajstić information content (AvgIpc) is 2.55. The molecule has 0 saturated heterocycles. The van der Waals surface area contributed by atoms with E-state index in [-0.39, 0.29) is 0 Å². The number of hydrogen-bond donors (Lipinski definition) is 0. The Morgan fingerprint density at radius 2 is 1.40 bits per heavy atom. The maximum atomic E-state index is 6.01. The molecule has 1 aliphatic carbocycles. The van der Waals surface area contributed by atoms with Crippen molar-refractivity contribution in [2.24, 2.45) is 0 Å². The van der Waals surface area contributed by atoms with Crippen LogP contribution in [0.4, 0.5) is 0 Å². The molecule has 0 aliphatic heterocycles. The van der Waals surface area contributed by atoms with E-state index < -0.39 is 0 Å². The van der Waals surface area contributed by atoms with E-state index in [9.17, 15) is 0 Å². The molecule has 1 heteroatoms. The molecular formula is C19H22O. The summed E-state index contributed by atoms with van der Waals surface area (Å²) in [5.74, 6) is 0. The molecule has 0 unspecified atom stereocenters. The zero-order valence-electron chi connectivity index (χ0n) is 11.9. The Morgan fingerprint density at radius 1 is 0.750 bits per heavy atom. The summed E-state index contributed by atoms with van der Waals surface area (Å²) < 4.78 is 6.01. The average molecular weight is 266 g/mol. The monoisotopic (exact) mass is 266 g/mol. The molecule has 0 radical (unpaired) electrons. The van der Waals surface area contributed by atoms with Crippen LogP contribution < -0.4 is 0 Å². The van der Waals surface area contributed by atoms with Crippen LogP contribution in [0.1, 0.15) is 37.7 Å². The van der Waals surface area contributed by atoms with Gasteiger partial charge in [-0.25, -0.2) is 0 Å².